The minimum absolute atomic E-state index is 0.920. The van der Waals surface area contributed by atoms with Crippen LogP contribution in [0.3, 0.4) is 0 Å². The second kappa shape index (κ2) is 5.82. The van der Waals surface area contributed by atoms with E-state index in [1.165, 1.54) is 16.8 Å². The van der Waals surface area contributed by atoms with Crippen molar-refractivity contribution in [1.82, 2.24) is 4.98 Å². The van der Waals surface area contributed by atoms with Crippen LogP contribution in [0, 0.1) is 6.92 Å². The summed E-state index contributed by atoms with van der Waals surface area (Å²) in [6.07, 6.45) is 4.70. The van der Waals surface area contributed by atoms with E-state index >= 15 is 0 Å². The quantitative estimate of drug-likeness (QED) is 0.926. The zero-order chi connectivity index (χ0) is 12.1. The fourth-order valence-corrected chi connectivity index (χ4v) is 2.03. The largest absolute Gasteiger partial charge is 0.384 e. The normalized spacial score (nSPS) is 10.2. The first-order valence-electron chi connectivity index (χ1n) is 5.64. The van der Waals surface area contributed by atoms with Crippen LogP contribution >= 0.6 is 15.9 Å². The number of rotatable bonds is 4. The van der Waals surface area contributed by atoms with Crippen LogP contribution < -0.4 is 5.32 Å². The molecule has 2 rings (SSSR count). The molecule has 0 saturated carbocycles. The highest BCUT2D eigenvalue weighted by atomic mass is 79.9. The van der Waals surface area contributed by atoms with Crippen molar-refractivity contribution in [1.29, 1.82) is 0 Å². The van der Waals surface area contributed by atoms with Gasteiger partial charge in [0.25, 0.3) is 0 Å². The molecule has 0 aliphatic heterocycles. The van der Waals surface area contributed by atoms with Crippen molar-refractivity contribution in [3.63, 3.8) is 0 Å². The van der Waals surface area contributed by atoms with Crippen molar-refractivity contribution in [2.45, 2.75) is 13.3 Å². The van der Waals surface area contributed by atoms with E-state index < -0.39 is 0 Å². The number of benzene rings is 1. The standard InChI is InChI=1S/C14H15BrN2/c1-11-4-5-13(15)9-14(11)17-8-6-12-3-2-7-16-10-12/h2-5,7,9-10,17H,6,8H2,1H3. The third-order valence-corrected chi connectivity index (χ3v) is 3.14. The summed E-state index contributed by atoms with van der Waals surface area (Å²) in [5, 5.41) is 3.44. The maximum absolute atomic E-state index is 4.11. The van der Waals surface area contributed by atoms with Gasteiger partial charge in [-0.15, -0.1) is 0 Å². The molecule has 0 atom stereocenters. The molecule has 0 amide bonds. The predicted molar refractivity (Wildman–Crippen MR) is 75.3 cm³/mol. The van der Waals surface area contributed by atoms with E-state index in [9.17, 15) is 0 Å². The van der Waals surface area contributed by atoms with Gasteiger partial charge in [0.05, 0.1) is 0 Å². The Kier molecular flexibility index (Phi) is 4.15. The summed E-state index contributed by atoms with van der Waals surface area (Å²) in [5.41, 5.74) is 3.70. The van der Waals surface area contributed by atoms with Gasteiger partial charge in [-0.25, -0.2) is 0 Å². The fourth-order valence-electron chi connectivity index (χ4n) is 1.67. The van der Waals surface area contributed by atoms with Crippen LogP contribution in [0.25, 0.3) is 0 Å². The van der Waals surface area contributed by atoms with E-state index in [0.717, 1.165) is 17.4 Å². The number of hydrogen-bond acceptors (Lipinski definition) is 2. The van der Waals surface area contributed by atoms with E-state index in [-0.39, 0.29) is 0 Å². The third kappa shape index (κ3) is 3.56. The van der Waals surface area contributed by atoms with Gasteiger partial charge in [0.1, 0.15) is 0 Å². The van der Waals surface area contributed by atoms with Gasteiger partial charge in [-0.05, 0) is 42.7 Å². The van der Waals surface area contributed by atoms with Crippen molar-refractivity contribution in [2.24, 2.45) is 0 Å². The maximum Gasteiger partial charge on any atom is 0.0381 e. The molecule has 1 heterocycles. The van der Waals surface area contributed by atoms with Crippen LogP contribution in [0.1, 0.15) is 11.1 Å². The Bertz CT molecular complexity index is 483. The second-order valence-corrected chi connectivity index (χ2v) is 4.91. The highest BCUT2D eigenvalue weighted by Crippen LogP contribution is 2.20. The van der Waals surface area contributed by atoms with E-state index in [4.69, 9.17) is 0 Å². The number of nitrogens with one attached hydrogen (secondary N) is 1. The topological polar surface area (TPSA) is 24.9 Å². The Labute approximate surface area is 110 Å². The number of pyridine rings is 1. The van der Waals surface area contributed by atoms with Crippen LogP contribution in [0.4, 0.5) is 5.69 Å². The zero-order valence-electron chi connectivity index (χ0n) is 9.78. The van der Waals surface area contributed by atoms with E-state index in [1.807, 2.05) is 12.3 Å². The summed E-state index contributed by atoms with van der Waals surface area (Å²) in [6.45, 7) is 3.03. The number of anilines is 1. The monoisotopic (exact) mass is 290 g/mol. The van der Waals surface area contributed by atoms with E-state index in [2.05, 4.69) is 57.4 Å². The number of aryl methyl sites for hydroxylation is 1. The van der Waals surface area contributed by atoms with Gasteiger partial charge in [-0.3, -0.25) is 4.98 Å². The molecule has 0 unspecified atom stereocenters. The molecular formula is C14H15BrN2. The Morgan fingerprint density at radius 3 is 2.94 bits per heavy atom. The predicted octanol–water partition coefficient (Wildman–Crippen LogP) is 3.81. The SMILES string of the molecule is Cc1ccc(Br)cc1NCCc1cccnc1. The molecular weight excluding hydrogens is 276 g/mol. The molecule has 0 radical (unpaired) electrons. The molecule has 3 heteroatoms. The molecule has 0 aliphatic carbocycles. The van der Waals surface area contributed by atoms with Crippen LogP contribution in [0.2, 0.25) is 0 Å². The zero-order valence-corrected chi connectivity index (χ0v) is 11.4. The molecule has 0 bridgehead atoms. The summed E-state index contributed by atoms with van der Waals surface area (Å²) in [4.78, 5) is 4.11. The molecule has 2 aromatic rings. The average Bonchev–Trinajstić information content (AvgIpc) is 2.35. The average molecular weight is 291 g/mol. The molecule has 0 fully saturated rings. The lowest BCUT2D eigenvalue weighted by molar-refractivity contribution is 1.00. The van der Waals surface area contributed by atoms with E-state index in [0.29, 0.717) is 0 Å². The van der Waals surface area contributed by atoms with Crippen LogP contribution in [-0.2, 0) is 6.42 Å². The molecule has 0 saturated heterocycles. The van der Waals surface area contributed by atoms with Crippen LogP contribution in [-0.4, -0.2) is 11.5 Å². The second-order valence-electron chi connectivity index (χ2n) is 4.00. The number of halogens is 1. The number of aromatic nitrogens is 1. The van der Waals surface area contributed by atoms with Gasteiger partial charge in [-0.1, -0.05) is 28.1 Å². The van der Waals surface area contributed by atoms with Gasteiger partial charge >= 0.3 is 0 Å². The molecule has 0 spiro atoms. The molecule has 2 nitrogen and oxygen atoms in total. The van der Waals surface area contributed by atoms with Gasteiger partial charge in [-0.2, -0.15) is 0 Å². The lowest BCUT2D eigenvalue weighted by Gasteiger charge is -2.09. The van der Waals surface area contributed by atoms with Crippen molar-refractivity contribution in [2.75, 3.05) is 11.9 Å². The molecule has 17 heavy (non-hydrogen) atoms. The van der Waals surface area contributed by atoms with Gasteiger partial charge in [0.2, 0.25) is 0 Å². The van der Waals surface area contributed by atoms with Gasteiger partial charge in [0.15, 0.2) is 0 Å². The van der Waals surface area contributed by atoms with Crippen molar-refractivity contribution >= 4 is 21.6 Å². The number of nitrogens with zero attached hydrogens (tertiary/aromatic N) is 1. The minimum Gasteiger partial charge on any atom is -0.384 e. The van der Waals surface area contributed by atoms with E-state index in [1.54, 1.807) is 6.20 Å². The maximum atomic E-state index is 4.11. The Balaban J connectivity index is 1.92. The molecule has 0 aliphatic rings. The van der Waals surface area contributed by atoms with Crippen molar-refractivity contribution < 1.29 is 0 Å². The lowest BCUT2D eigenvalue weighted by Crippen LogP contribution is -2.06. The van der Waals surface area contributed by atoms with Crippen LogP contribution in [0.5, 0.6) is 0 Å². The first kappa shape index (κ1) is 12.1. The lowest BCUT2D eigenvalue weighted by atomic mass is 10.2. The minimum atomic E-state index is 0.920. The first-order valence-corrected chi connectivity index (χ1v) is 6.44. The fraction of sp³-hybridized carbons (Fsp3) is 0.214. The Hall–Kier alpha value is -1.35. The van der Waals surface area contributed by atoms with Crippen molar-refractivity contribution in [3.05, 3.63) is 58.3 Å². The third-order valence-electron chi connectivity index (χ3n) is 2.65. The van der Waals surface area contributed by atoms with Crippen molar-refractivity contribution in [3.8, 4) is 0 Å². The summed E-state index contributed by atoms with van der Waals surface area (Å²) >= 11 is 3.48. The Morgan fingerprint density at radius 1 is 1.29 bits per heavy atom. The van der Waals surface area contributed by atoms with Crippen LogP contribution in [0.15, 0.2) is 47.2 Å². The number of hydrogen-bond donors (Lipinski definition) is 1. The first-order chi connectivity index (χ1) is 8.25. The molecule has 1 N–H and O–H groups in total. The Morgan fingerprint density at radius 2 is 2.18 bits per heavy atom. The summed E-state index contributed by atoms with van der Waals surface area (Å²) in [6, 6.07) is 10.3. The summed E-state index contributed by atoms with van der Waals surface area (Å²) in [7, 11) is 0. The molecule has 88 valence electrons. The van der Waals surface area contributed by atoms with Gasteiger partial charge in [0, 0.05) is 29.1 Å². The molecule has 1 aromatic carbocycles. The highest BCUT2D eigenvalue weighted by Gasteiger charge is 1.98. The summed E-state index contributed by atoms with van der Waals surface area (Å²) < 4.78 is 1.10. The van der Waals surface area contributed by atoms with Gasteiger partial charge < -0.3 is 5.32 Å². The highest BCUT2D eigenvalue weighted by molar-refractivity contribution is 9.10. The molecule has 1 aromatic heterocycles. The smallest absolute Gasteiger partial charge is 0.0381 e. The summed E-state index contributed by atoms with van der Waals surface area (Å²) in [5.74, 6) is 0.